The number of hydrogen-bond acceptors (Lipinski definition) is 5. The molecule has 0 aliphatic rings. The highest BCUT2D eigenvalue weighted by Crippen LogP contribution is 2.34. The van der Waals surface area contributed by atoms with E-state index in [0.29, 0.717) is 11.4 Å². The van der Waals surface area contributed by atoms with Crippen LogP contribution in [0.2, 0.25) is 0 Å². The van der Waals surface area contributed by atoms with E-state index in [1.54, 1.807) is 24.5 Å². The Morgan fingerprint density at radius 2 is 1.40 bits per heavy atom. The molecule has 25 heavy (non-hydrogen) atoms. The molecule has 0 bridgehead atoms. The van der Waals surface area contributed by atoms with Gasteiger partial charge in [0.05, 0.1) is 22.1 Å². The molecular weight excluding hydrogens is 316 g/mol. The Balaban J connectivity index is 1.94. The smallest absolute Gasteiger partial charge is 0.138 e. The third-order valence-electron chi connectivity index (χ3n) is 4.24. The van der Waals surface area contributed by atoms with Crippen LogP contribution < -0.4 is 0 Å². The van der Waals surface area contributed by atoms with Gasteiger partial charge in [0.25, 0.3) is 0 Å². The van der Waals surface area contributed by atoms with E-state index in [0.717, 1.165) is 32.8 Å². The van der Waals surface area contributed by atoms with Crippen molar-refractivity contribution in [1.29, 1.82) is 0 Å². The van der Waals surface area contributed by atoms with Crippen LogP contribution in [-0.4, -0.2) is 30.1 Å². The fourth-order valence-electron chi connectivity index (χ4n) is 3.21. The number of nitrogens with one attached hydrogen (secondary N) is 1. The van der Waals surface area contributed by atoms with Gasteiger partial charge in [0.15, 0.2) is 0 Å². The van der Waals surface area contributed by atoms with Crippen LogP contribution in [0.25, 0.3) is 44.2 Å². The molecule has 5 rings (SSSR count). The lowest BCUT2D eigenvalue weighted by Gasteiger charge is -2.03. The maximum atomic E-state index is 9.75. The molecule has 3 heterocycles. The number of aromatic hydroxyl groups is 2. The highest BCUT2D eigenvalue weighted by Gasteiger charge is 2.15. The third kappa shape index (κ3) is 2.01. The predicted octanol–water partition coefficient (Wildman–Crippen LogP) is 3.74. The van der Waals surface area contributed by atoms with Crippen LogP contribution in [0.15, 0.2) is 54.9 Å². The zero-order chi connectivity index (χ0) is 17.0. The highest BCUT2D eigenvalue weighted by molar-refractivity contribution is 6.21. The molecule has 6 heteroatoms. The van der Waals surface area contributed by atoms with E-state index in [1.165, 1.54) is 6.07 Å². The van der Waals surface area contributed by atoms with E-state index in [9.17, 15) is 10.2 Å². The fraction of sp³-hybridized carbons (Fsp3) is 0. The van der Waals surface area contributed by atoms with Gasteiger partial charge in [-0.25, -0.2) is 4.98 Å². The van der Waals surface area contributed by atoms with Crippen molar-refractivity contribution in [1.82, 2.24) is 19.9 Å². The molecule has 0 amide bonds. The minimum Gasteiger partial charge on any atom is -0.508 e. The summed E-state index contributed by atoms with van der Waals surface area (Å²) in [6.07, 6.45) is 3.48. The van der Waals surface area contributed by atoms with Gasteiger partial charge >= 0.3 is 0 Å². The van der Waals surface area contributed by atoms with Crippen LogP contribution in [-0.2, 0) is 0 Å². The summed E-state index contributed by atoms with van der Waals surface area (Å²) in [5.41, 5.74) is 3.83. The number of hydrogen-bond donors (Lipinski definition) is 3. The lowest BCUT2D eigenvalue weighted by atomic mass is 10.1. The Kier molecular flexibility index (Phi) is 2.70. The van der Waals surface area contributed by atoms with Crippen LogP contribution in [0, 0.1) is 0 Å². The van der Waals surface area contributed by atoms with Gasteiger partial charge in [-0.1, -0.05) is 0 Å². The molecule has 2 aromatic carbocycles. The number of fused-ring (bicyclic) bond motifs is 6. The Labute approximate surface area is 141 Å². The fourth-order valence-corrected chi connectivity index (χ4v) is 3.21. The molecule has 0 aliphatic heterocycles. The first-order valence-corrected chi connectivity index (χ1v) is 7.75. The van der Waals surface area contributed by atoms with E-state index in [2.05, 4.69) is 15.0 Å². The summed E-state index contributed by atoms with van der Waals surface area (Å²) in [4.78, 5) is 17.0. The van der Waals surface area contributed by atoms with Crippen molar-refractivity contribution in [3.63, 3.8) is 0 Å². The molecule has 0 saturated heterocycles. The Morgan fingerprint density at radius 1 is 0.760 bits per heavy atom. The zero-order valence-electron chi connectivity index (χ0n) is 12.9. The summed E-state index contributed by atoms with van der Waals surface area (Å²) in [7, 11) is 0. The first-order chi connectivity index (χ1) is 12.2. The summed E-state index contributed by atoms with van der Waals surface area (Å²) in [6.45, 7) is 0. The monoisotopic (exact) mass is 328 g/mol. The number of imidazole rings is 1. The quantitative estimate of drug-likeness (QED) is 0.407. The topological polar surface area (TPSA) is 94.9 Å². The van der Waals surface area contributed by atoms with Gasteiger partial charge in [-0.3, -0.25) is 9.97 Å². The van der Waals surface area contributed by atoms with Gasteiger partial charge in [0.2, 0.25) is 0 Å². The summed E-state index contributed by atoms with van der Waals surface area (Å²) in [5, 5.41) is 21.3. The minimum absolute atomic E-state index is 0.0199. The van der Waals surface area contributed by atoms with Crippen LogP contribution in [0.5, 0.6) is 11.5 Å². The van der Waals surface area contributed by atoms with Crippen LogP contribution in [0.4, 0.5) is 0 Å². The standard InChI is InChI=1S/C19H12N4O2/c24-11-7-10(8-12(25)9-11)19-22-17-13-3-1-5-20-15(13)16-14(18(17)23-19)4-2-6-21-16/h1-9,24-25H,(H,22,23). The van der Waals surface area contributed by atoms with Gasteiger partial charge < -0.3 is 15.2 Å². The van der Waals surface area contributed by atoms with Crippen molar-refractivity contribution < 1.29 is 10.2 Å². The van der Waals surface area contributed by atoms with Crippen molar-refractivity contribution in [3.05, 3.63) is 54.9 Å². The highest BCUT2D eigenvalue weighted by atomic mass is 16.3. The lowest BCUT2D eigenvalue weighted by Crippen LogP contribution is -1.86. The predicted molar refractivity (Wildman–Crippen MR) is 95.5 cm³/mol. The van der Waals surface area contributed by atoms with E-state index in [1.807, 2.05) is 24.3 Å². The second kappa shape index (κ2) is 4.91. The molecule has 0 fully saturated rings. The molecular formula is C19H12N4O2. The van der Waals surface area contributed by atoms with E-state index < -0.39 is 0 Å². The van der Waals surface area contributed by atoms with Gasteiger partial charge in [0.1, 0.15) is 17.3 Å². The van der Waals surface area contributed by atoms with E-state index in [-0.39, 0.29) is 11.5 Å². The molecule has 0 saturated carbocycles. The van der Waals surface area contributed by atoms with E-state index in [4.69, 9.17) is 4.98 Å². The molecule has 120 valence electrons. The molecule has 0 radical (unpaired) electrons. The van der Waals surface area contributed by atoms with E-state index >= 15 is 0 Å². The van der Waals surface area contributed by atoms with Gasteiger partial charge in [0, 0.05) is 34.8 Å². The normalized spacial score (nSPS) is 11.5. The summed E-state index contributed by atoms with van der Waals surface area (Å²) in [5.74, 6) is 0.518. The lowest BCUT2D eigenvalue weighted by molar-refractivity contribution is 0.451. The number of pyridine rings is 2. The van der Waals surface area contributed by atoms with Crippen LogP contribution in [0.1, 0.15) is 0 Å². The number of aromatic nitrogens is 4. The Hall–Kier alpha value is -3.67. The number of phenolic OH excluding ortho intramolecular Hbond substituents is 2. The van der Waals surface area contributed by atoms with Crippen molar-refractivity contribution in [2.24, 2.45) is 0 Å². The molecule has 6 nitrogen and oxygen atoms in total. The largest absolute Gasteiger partial charge is 0.508 e. The molecule has 0 unspecified atom stereocenters. The van der Waals surface area contributed by atoms with Crippen molar-refractivity contribution in [2.45, 2.75) is 0 Å². The van der Waals surface area contributed by atoms with Crippen molar-refractivity contribution in [2.75, 3.05) is 0 Å². The first-order valence-electron chi connectivity index (χ1n) is 7.75. The molecule has 0 atom stereocenters. The molecule has 0 aliphatic carbocycles. The molecule has 0 spiro atoms. The first kappa shape index (κ1) is 13.7. The average molecular weight is 328 g/mol. The maximum Gasteiger partial charge on any atom is 0.138 e. The SMILES string of the molecule is Oc1cc(O)cc(-c2nc3c4cccnc4c4ncccc4c3[nH]2)c1. The molecule has 5 aromatic rings. The Bertz CT molecular complexity index is 1180. The van der Waals surface area contributed by atoms with Crippen molar-refractivity contribution >= 4 is 32.8 Å². The molecule has 3 N–H and O–H groups in total. The number of rotatable bonds is 1. The zero-order valence-corrected chi connectivity index (χ0v) is 12.9. The number of nitrogens with zero attached hydrogens (tertiary/aromatic N) is 3. The number of phenols is 2. The van der Waals surface area contributed by atoms with Crippen LogP contribution >= 0.6 is 0 Å². The second-order valence-corrected chi connectivity index (χ2v) is 5.85. The Morgan fingerprint density at radius 3 is 2.12 bits per heavy atom. The van der Waals surface area contributed by atoms with Crippen LogP contribution in [0.3, 0.4) is 0 Å². The number of H-pyrrole nitrogens is 1. The number of aromatic amines is 1. The minimum atomic E-state index is -0.0199. The third-order valence-corrected chi connectivity index (χ3v) is 4.24. The summed E-state index contributed by atoms with van der Waals surface area (Å²) < 4.78 is 0. The maximum absolute atomic E-state index is 9.75. The second-order valence-electron chi connectivity index (χ2n) is 5.85. The number of benzene rings is 2. The van der Waals surface area contributed by atoms with Gasteiger partial charge in [-0.2, -0.15) is 0 Å². The van der Waals surface area contributed by atoms with Gasteiger partial charge in [-0.15, -0.1) is 0 Å². The molecule has 3 aromatic heterocycles. The van der Waals surface area contributed by atoms with Gasteiger partial charge in [-0.05, 0) is 36.4 Å². The average Bonchev–Trinajstić information content (AvgIpc) is 3.07. The summed E-state index contributed by atoms with van der Waals surface area (Å²) >= 11 is 0. The summed E-state index contributed by atoms with van der Waals surface area (Å²) in [6, 6.07) is 12.1. The van der Waals surface area contributed by atoms with Crippen molar-refractivity contribution in [3.8, 4) is 22.9 Å².